The van der Waals surface area contributed by atoms with E-state index in [0.717, 1.165) is 5.56 Å². The third-order valence-electron chi connectivity index (χ3n) is 4.02. The van der Waals surface area contributed by atoms with E-state index >= 15 is 0 Å². The lowest BCUT2D eigenvalue weighted by Crippen LogP contribution is -2.40. The Morgan fingerprint density at radius 3 is 2.46 bits per heavy atom. The number of nitrogens with zero attached hydrogens (tertiary/aromatic N) is 3. The zero-order valence-corrected chi connectivity index (χ0v) is 13.2. The lowest BCUT2D eigenvalue weighted by Gasteiger charge is -2.31. The van der Waals surface area contributed by atoms with E-state index in [1.54, 1.807) is 41.4 Å². The van der Waals surface area contributed by atoms with Crippen LogP contribution < -0.4 is 4.90 Å². The molecule has 0 amide bonds. The van der Waals surface area contributed by atoms with Gasteiger partial charge in [-0.3, -0.25) is 0 Å². The zero-order chi connectivity index (χ0) is 17.2. The predicted octanol–water partition coefficient (Wildman–Crippen LogP) is 3.17. The standard InChI is InChI=1S/C17H17F2N3O2/c1-24-15(23)13-4-2-12(3-5-13)14-6-9-20-16(21-14)22-10-7-17(18,19)8-11-22/h2-6,9H,7-8,10-11H2,1H3. The van der Waals surface area contributed by atoms with E-state index < -0.39 is 11.9 Å². The lowest BCUT2D eigenvalue weighted by molar-refractivity contribution is -0.0222. The number of esters is 1. The molecule has 126 valence electrons. The number of hydrogen-bond donors (Lipinski definition) is 0. The topological polar surface area (TPSA) is 55.3 Å². The number of rotatable bonds is 3. The fraction of sp³-hybridized carbons (Fsp3) is 0.353. The van der Waals surface area contributed by atoms with Gasteiger partial charge < -0.3 is 9.64 Å². The Morgan fingerprint density at radius 1 is 1.17 bits per heavy atom. The van der Waals surface area contributed by atoms with Crippen molar-refractivity contribution in [3.05, 3.63) is 42.1 Å². The molecule has 1 aromatic carbocycles. The molecular formula is C17H17F2N3O2. The van der Waals surface area contributed by atoms with Crippen LogP contribution in [-0.2, 0) is 4.74 Å². The van der Waals surface area contributed by atoms with Crippen LogP contribution >= 0.6 is 0 Å². The summed E-state index contributed by atoms with van der Waals surface area (Å²) in [7, 11) is 1.33. The molecule has 0 atom stereocenters. The monoisotopic (exact) mass is 333 g/mol. The Labute approximate surface area is 138 Å². The SMILES string of the molecule is COC(=O)c1ccc(-c2ccnc(N3CCC(F)(F)CC3)n2)cc1. The minimum Gasteiger partial charge on any atom is -0.465 e. The van der Waals surface area contributed by atoms with Gasteiger partial charge in [0.2, 0.25) is 5.95 Å². The predicted molar refractivity (Wildman–Crippen MR) is 85.2 cm³/mol. The highest BCUT2D eigenvalue weighted by atomic mass is 19.3. The van der Waals surface area contributed by atoms with Gasteiger partial charge in [-0.2, -0.15) is 0 Å². The maximum atomic E-state index is 13.3. The Kier molecular flexibility index (Phi) is 4.42. The van der Waals surface area contributed by atoms with Crippen LogP contribution in [0.3, 0.4) is 0 Å². The van der Waals surface area contributed by atoms with Crippen molar-refractivity contribution >= 4 is 11.9 Å². The van der Waals surface area contributed by atoms with Crippen molar-refractivity contribution < 1.29 is 18.3 Å². The number of anilines is 1. The maximum Gasteiger partial charge on any atom is 0.337 e. The highest BCUT2D eigenvalue weighted by Crippen LogP contribution is 2.29. The number of carbonyl (C=O) groups excluding carboxylic acids is 1. The van der Waals surface area contributed by atoms with Crippen LogP contribution in [0, 0.1) is 0 Å². The van der Waals surface area contributed by atoms with Gasteiger partial charge in [-0.05, 0) is 18.2 Å². The fourth-order valence-electron chi connectivity index (χ4n) is 2.59. The minimum atomic E-state index is -2.60. The Bertz CT molecular complexity index is 725. The number of ether oxygens (including phenoxy) is 1. The average molecular weight is 333 g/mol. The number of methoxy groups -OCH3 is 1. The third-order valence-corrected chi connectivity index (χ3v) is 4.02. The molecule has 1 fully saturated rings. The van der Waals surface area contributed by atoms with E-state index in [-0.39, 0.29) is 25.9 Å². The summed E-state index contributed by atoms with van der Waals surface area (Å²) in [5.41, 5.74) is 1.94. The van der Waals surface area contributed by atoms with E-state index in [1.807, 2.05) is 0 Å². The molecule has 0 saturated carbocycles. The number of piperidine rings is 1. The molecule has 1 aliphatic rings. The van der Waals surface area contributed by atoms with Crippen molar-refractivity contribution in [3.63, 3.8) is 0 Å². The molecule has 0 unspecified atom stereocenters. The summed E-state index contributed by atoms with van der Waals surface area (Å²) in [6, 6.07) is 8.59. The Hall–Kier alpha value is -2.57. The number of aromatic nitrogens is 2. The van der Waals surface area contributed by atoms with Crippen molar-refractivity contribution in [2.75, 3.05) is 25.1 Å². The van der Waals surface area contributed by atoms with Gasteiger partial charge in [0.1, 0.15) is 0 Å². The van der Waals surface area contributed by atoms with Crippen LogP contribution in [-0.4, -0.2) is 42.1 Å². The summed E-state index contributed by atoms with van der Waals surface area (Å²) in [6.07, 6.45) is 1.24. The van der Waals surface area contributed by atoms with Crippen molar-refractivity contribution in [2.45, 2.75) is 18.8 Å². The van der Waals surface area contributed by atoms with Crippen molar-refractivity contribution in [1.82, 2.24) is 9.97 Å². The van der Waals surface area contributed by atoms with Crippen LogP contribution in [0.15, 0.2) is 36.5 Å². The first kappa shape index (κ1) is 16.3. The Morgan fingerprint density at radius 2 is 1.83 bits per heavy atom. The highest BCUT2D eigenvalue weighted by Gasteiger charge is 2.34. The van der Waals surface area contributed by atoms with E-state index in [1.165, 1.54) is 7.11 Å². The van der Waals surface area contributed by atoms with Gasteiger partial charge >= 0.3 is 5.97 Å². The quantitative estimate of drug-likeness (QED) is 0.808. The number of hydrogen-bond acceptors (Lipinski definition) is 5. The van der Waals surface area contributed by atoms with Gasteiger partial charge in [0, 0.05) is 37.7 Å². The molecule has 24 heavy (non-hydrogen) atoms. The van der Waals surface area contributed by atoms with Gasteiger partial charge in [0.05, 0.1) is 18.4 Å². The number of halogens is 2. The second kappa shape index (κ2) is 6.51. The van der Waals surface area contributed by atoms with Crippen LogP contribution in [0.2, 0.25) is 0 Å². The van der Waals surface area contributed by atoms with Crippen LogP contribution in [0.4, 0.5) is 14.7 Å². The maximum absolute atomic E-state index is 13.3. The van der Waals surface area contributed by atoms with Crippen LogP contribution in [0.5, 0.6) is 0 Å². The summed E-state index contributed by atoms with van der Waals surface area (Å²) in [4.78, 5) is 21.9. The molecule has 3 rings (SSSR count). The first-order valence-corrected chi connectivity index (χ1v) is 7.63. The van der Waals surface area contributed by atoms with E-state index in [9.17, 15) is 13.6 Å². The molecule has 0 spiro atoms. The van der Waals surface area contributed by atoms with Crippen molar-refractivity contribution in [3.8, 4) is 11.3 Å². The molecule has 0 bridgehead atoms. The van der Waals surface area contributed by atoms with E-state index in [4.69, 9.17) is 0 Å². The Balaban J connectivity index is 1.79. The van der Waals surface area contributed by atoms with Crippen molar-refractivity contribution in [1.29, 1.82) is 0 Å². The zero-order valence-electron chi connectivity index (χ0n) is 13.2. The van der Waals surface area contributed by atoms with Gasteiger partial charge in [0.25, 0.3) is 5.92 Å². The summed E-state index contributed by atoms with van der Waals surface area (Å²) < 4.78 is 31.2. The van der Waals surface area contributed by atoms with E-state index in [0.29, 0.717) is 17.2 Å². The lowest BCUT2D eigenvalue weighted by atomic mass is 10.1. The summed E-state index contributed by atoms with van der Waals surface area (Å²) in [5, 5.41) is 0. The smallest absolute Gasteiger partial charge is 0.337 e. The first-order chi connectivity index (χ1) is 11.5. The molecule has 2 heterocycles. The molecule has 1 aliphatic heterocycles. The minimum absolute atomic E-state index is 0.186. The van der Waals surface area contributed by atoms with E-state index in [2.05, 4.69) is 14.7 Å². The second-order valence-corrected chi connectivity index (χ2v) is 5.65. The molecule has 7 heteroatoms. The molecule has 5 nitrogen and oxygen atoms in total. The fourth-order valence-corrected chi connectivity index (χ4v) is 2.59. The molecule has 1 aromatic heterocycles. The third kappa shape index (κ3) is 3.50. The second-order valence-electron chi connectivity index (χ2n) is 5.65. The molecule has 0 aliphatic carbocycles. The van der Waals surface area contributed by atoms with Gasteiger partial charge in [-0.1, -0.05) is 12.1 Å². The van der Waals surface area contributed by atoms with Gasteiger partial charge in [0.15, 0.2) is 0 Å². The average Bonchev–Trinajstić information content (AvgIpc) is 2.61. The largest absolute Gasteiger partial charge is 0.465 e. The molecule has 2 aromatic rings. The molecule has 0 N–H and O–H groups in total. The molecule has 0 radical (unpaired) electrons. The normalized spacial score (nSPS) is 16.7. The van der Waals surface area contributed by atoms with Gasteiger partial charge in [-0.25, -0.2) is 23.5 Å². The van der Waals surface area contributed by atoms with Crippen LogP contribution in [0.25, 0.3) is 11.3 Å². The summed E-state index contributed by atoms with van der Waals surface area (Å²) in [5.74, 6) is -2.56. The number of benzene rings is 1. The summed E-state index contributed by atoms with van der Waals surface area (Å²) >= 11 is 0. The molecule has 1 saturated heterocycles. The van der Waals surface area contributed by atoms with Crippen LogP contribution in [0.1, 0.15) is 23.2 Å². The highest BCUT2D eigenvalue weighted by molar-refractivity contribution is 5.89. The number of carbonyl (C=O) groups is 1. The van der Waals surface area contributed by atoms with Gasteiger partial charge in [-0.15, -0.1) is 0 Å². The first-order valence-electron chi connectivity index (χ1n) is 7.63. The number of alkyl halides is 2. The molecular weight excluding hydrogens is 316 g/mol. The van der Waals surface area contributed by atoms with Crippen molar-refractivity contribution in [2.24, 2.45) is 0 Å². The summed E-state index contributed by atoms with van der Waals surface area (Å²) in [6.45, 7) is 0.468.